The molecule has 1 unspecified atom stereocenters. The minimum Gasteiger partial charge on any atom is -0.310 e. The molecule has 1 heterocycles. The highest BCUT2D eigenvalue weighted by Gasteiger charge is 2.44. The van der Waals surface area contributed by atoms with Gasteiger partial charge in [-0.05, 0) is 59.2 Å². The van der Waals surface area contributed by atoms with Crippen molar-refractivity contribution in [2.24, 2.45) is 5.92 Å². The fraction of sp³-hybridized carbons (Fsp3) is 0.875. The summed E-state index contributed by atoms with van der Waals surface area (Å²) in [5.41, 5.74) is 1.39. The third-order valence-corrected chi connectivity index (χ3v) is 5.24. The summed E-state index contributed by atoms with van der Waals surface area (Å²) in [6.45, 7) is 5.49. The van der Waals surface area contributed by atoms with E-state index < -0.39 is 0 Å². The first kappa shape index (κ1) is 16.4. The van der Waals surface area contributed by atoms with Crippen molar-refractivity contribution in [2.45, 2.75) is 64.1 Å². The van der Waals surface area contributed by atoms with Gasteiger partial charge >= 0.3 is 0 Å². The molecule has 0 aliphatic heterocycles. The number of rotatable bonds is 6. The maximum atomic E-state index is 4.28. The molecular formula is C16H31N5. The molecule has 0 amide bonds. The molecule has 0 aromatic carbocycles. The summed E-state index contributed by atoms with van der Waals surface area (Å²) in [7, 11) is 6.50. The zero-order valence-corrected chi connectivity index (χ0v) is 14.3. The fourth-order valence-electron chi connectivity index (χ4n) is 3.82. The van der Waals surface area contributed by atoms with E-state index in [0.29, 0.717) is 0 Å². The van der Waals surface area contributed by atoms with E-state index in [1.807, 2.05) is 6.20 Å². The lowest BCUT2D eigenvalue weighted by atomic mass is 9.71. The Bertz CT molecular complexity index is 432. The van der Waals surface area contributed by atoms with Gasteiger partial charge in [-0.3, -0.25) is 0 Å². The molecule has 1 aliphatic rings. The predicted molar refractivity (Wildman–Crippen MR) is 86.2 cm³/mol. The van der Waals surface area contributed by atoms with Gasteiger partial charge < -0.3 is 10.2 Å². The third kappa shape index (κ3) is 3.14. The van der Waals surface area contributed by atoms with Gasteiger partial charge in [0, 0.05) is 12.1 Å². The van der Waals surface area contributed by atoms with Crippen LogP contribution in [-0.2, 0) is 6.54 Å². The van der Waals surface area contributed by atoms with Gasteiger partial charge in [0.1, 0.15) is 0 Å². The lowest BCUT2D eigenvalue weighted by Crippen LogP contribution is -2.55. The van der Waals surface area contributed by atoms with E-state index in [2.05, 4.69) is 60.2 Å². The molecule has 0 bridgehead atoms. The van der Waals surface area contributed by atoms with Crippen molar-refractivity contribution in [3.8, 4) is 0 Å². The maximum absolute atomic E-state index is 4.28. The average molecular weight is 293 g/mol. The maximum Gasteiger partial charge on any atom is 0.0775 e. The monoisotopic (exact) mass is 293 g/mol. The van der Waals surface area contributed by atoms with E-state index in [9.17, 15) is 0 Å². The summed E-state index contributed by atoms with van der Waals surface area (Å²) >= 11 is 0. The van der Waals surface area contributed by atoms with Gasteiger partial charge in [0.05, 0.1) is 17.9 Å². The molecule has 2 rings (SSSR count). The Morgan fingerprint density at radius 2 is 2.10 bits per heavy atom. The zero-order valence-electron chi connectivity index (χ0n) is 14.3. The molecule has 1 fully saturated rings. The molecule has 1 atom stereocenters. The quantitative estimate of drug-likeness (QED) is 0.875. The van der Waals surface area contributed by atoms with Crippen molar-refractivity contribution >= 4 is 0 Å². The van der Waals surface area contributed by atoms with Crippen LogP contribution in [0, 0.1) is 5.92 Å². The Balaban J connectivity index is 2.34. The zero-order chi connectivity index (χ0) is 15.5. The predicted octanol–water partition coefficient (Wildman–Crippen LogP) is 2.46. The van der Waals surface area contributed by atoms with Gasteiger partial charge in [0.15, 0.2) is 0 Å². The van der Waals surface area contributed by atoms with Crippen LogP contribution in [-0.4, -0.2) is 46.6 Å². The molecule has 1 N–H and O–H groups in total. The van der Waals surface area contributed by atoms with E-state index in [4.69, 9.17) is 0 Å². The molecular weight excluding hydrogens is 262 g/mol. The van der Waals surface area contributed by atoms with Crippen molar-refractivity contribution < 1.29 is 0 Å². The molecule has 0 radical (unpaired) electrons. The summed E-state index contributed by atoms with van der Waals surface area (Å²) in [5.74, 6) is 0.842. The number of nitrogens with one attached hydrogen (secondary N) is 1. The summed E-state index contributed by atoms with van der Waals surface area (Å²) in [6.07, 6.45) is 8.07. The van der Waals surface area contributed by atoms with Crippen molar-refractivity contribution in [1.29, 1.82) is 0 Å². The Hall–Kier alpha value is -0.940. The summed E-state index contributed by atoms with van der Waals surface area (Å²) in [6, 6.07) is 0.279. The standard InChI is InChI=1S/C16H31N5/c1-6-11-21-14(12-18-19-21)15(17-3)16(20(4)5)9-7-13(2)8-10-16/h12-13,15,17H,6-11H2,1-5H3. The van der Waals surface area contributed by atoms with Crippen molar-refractivity contribution in [1.82, 2.24) is 25.2 Å². The second kappa shape index (κ2) is 6.88. The molecule has 0 spiro atoms. The van der Waals surface area contributed by atoms with E-state index in [1.165, 1.54) is 31.4 Å². The lowest BCUT2D eigenvalue weighted by Gasteiger charge is -2.49. The number of hydrogen-bond acceptors (Lipinski definition) is 4. The van der Waals surface area contributed by atoms with E-state index in [0.717, 1.165) is 18.9 Å². The van der Waals surface area contributed by atoms with Crippen LogP contribution in [0.1, 0.15) is 57.7 Å². The van der Waals surface area contributed by atoms with Crippen LogP contribution in [0.2, 0.25) is 0 Å². The highest BCUT2D eigenvalue weighted by atomic mass is 15.4. The van der Waals surface area contributed by atoms with Gasteiger partial charge in [-0.25, -0.2) is 4.68 Å². The number of aryl methyl sites for hydroxylation is 1. The van der Waals surface area contributed by atoms with Crippen molar-refractivity contribution in [3.05, 3.63) is 11.9 Å². The van der Waals surface area contributed by atoms with Gasteiger partial charge in [-0.2, -0.15) is 0 Å². The second-order valence-electron chi connectivity index (χ2n) is 6.78. The van der Waals surface area contributed by atoms with Gasteiger partial charge in [-0.15, -0.1) is 5.10 Å². The van der Waals surface area contributed by atoms with E-state index in [1.54, 1.807) is 0 Å². The molecule has 5 heteroatoms. The molecule has 120 valence electrons. The highest BCUT2D eigenvalue weighted by molar-refractivity contribution is 5.14. The van der Waals surface area contributed by atoms with Gasteiger partial charge in [0.2, 0.25) is 0 Å². The average Bonchev–Trinajstić information content (AvgIpc) is 2.90. The molecule has 0 saturated heterocycles. The normalized spacial score (nSPS) is 28.0. The summed E-state index contributed by atoms with van der Waals surface area (Å²) in [5, 5.41) is 12.0. The Morgan fingerprint density at radius 1 is 1.43 bits per heavy atom. The van der Waals surface area contributed by atoms with Crippen molar-refractivity contribution in [2.75, 3.05) is 21.1 Å². The van der Waals surface area contributed by atoms with E-state index in [-0.39, 0.29) is 11.6 Å². The summed E-state index contributed by atoms with van der Waals surface area (Å²) in [4.78, 5) is 2.42. The van der Waals surface area contributed by atoms with Crippen LogP contribution >= 0.6 is 0 Å². The van der Waals surface area contributed by atoms with Gasteiger partial charge in [-0.1, -0.05) is 19.1 Å². The number of likely N-dealkylation sites (N-methyl/N-ethyl adjacent to an activating group) is 2. The largest absolute Gasteiger partial charge is 0.310 e. The first-order valence-corrected chi connectivity index (χ1v) is 8.28. The fourth-order valence-corrected chi connectivity index (χ4v) is 3.82. The third-order valence-electron chi connectivity index (χ3n) is 5.24. The number of nitrogens with zero attached hydrogens (tertiary/aromatic N) is 4. The first-order valence-electron chi connectivity index (χ1n) is 8.28. The molecule has 1 aromatic rings. The van der Waals surface area contributed by atoms with Crippen LogP contribution in [0.25, 0.3) is 0 Å². The second-order valence-corrected chi connectivity index (χ2v) is 6.78. The SMILES string of the molecule is CCCn1nncc1C(NC)C1(N(C)C)CCC(C)CC1. The molecule has 1 aliphatic carbocycles. The number of aromatic nitrogens is 3. The Morgan fingerprint density at radius 3 is 2.62 bits per heavy atom. The molecule has 1 saturated carbocycles. The number of hydrogen-bond donors (Lipinski definition) is 1. The molecule has 21 heavy (non-hydrogen) atoms. The summed E-state index contributed by atoms with van der Waals surface area (Å²) < 4.78 is 2.07. The van der Waals surface area contributed by atoms with Crippen LogP contribution in [0.15, 0.2) is 6.20 Å². The highest BCUT2D eigenvalue weighted by Crippen LogP contribution is 2.43. The molecule has 1 aromatic heterocycles. The smallest absolute Gasteiger partial charge is 0.0775 e. The lowest BCUT2D eigenvalue weighted by molar-refractivity contribution is 0.0424. The van der Waals surface area contributed by atoms with Crippen LogP contribution < -0.4 is 5.32 Å². The minimum absolute atomic E-state index is 0.161. The Kier molecular flexibility index (Phi) is 5.38. The van der Waals surface area contributed by atoms with Crippen LogP contribution in [0.3, 0.4) is 0 Å². The Labute approximate surface area is 129 Å². The van der Waals surface area contributed by atoms with Crippen LogP contribution in [0.4, 0.5) is 0 Å². The van der Waals surface area contributed by atoms with Crippen LogP contribution in [0.5, 0.6) is 0 Å². The van der Waals surface area contributed by atoms with E-state index >= 15 is 0 Å². The first-order chi connectivity index (χ1) is 10.0. The topological polar surface area (TPSA) is 46.0 Å². The van der Waals surface area contributed by atoms with Crippen molar-refractivity contribution in [3.63, 3.8) is 0 Å². The van der Waals surface area contributed by atoms with Gasteiger partial charge in [0.25, 0.3) is 0 Å². The molecule has 5 nitrogen and oxygen atoms in total. The minimum atomic E-state index is 0.161.